The average Bonchev–Trinajstić information content (AvgIpc) is 2.54. The van der Waals surface area contributed by atoms with Gasteiger partial charge in [0.25, 0.3) is 0 Å². The van der Waals surface area contributed by atoms with Crippen LogP contribution in [0.1, 0.15) is 37.0 Å². The van der Waals surface area contributed by atoms with Crippen molar-refractivity contribution in [3.63, 3.8) is 0 Å². The molecule has 0 amide bonds. The summed E-state index contributed by atoms with van der Waals surface area (Å²) in [6.45, 7) is 3.25. The third-order valence-electron chi connectivity index (χ3n) is 4.55. The first-order valence-electron chi connectivity index (χ1n) is 8.56. The first-order valence-corrected chi connectivity index (χ1v) is 8.56. The van der Waals surface area contributed by atoms with E-state index in [9.17, 15) is 35.4 Å². The highest BCUT2D eigenvalue weighted by Gasteiger charge is 2.44. The van der Waals surface area contributed by atoms with Gasteiger partial charge in [-0.05, 0) is 12.3 Å². The van der Waals surface area contributed by atoms with Gasteiger partial charge < -0.3 is 35.4 Å². The largest absolute Gasteiger partial charge is 0.508 e. The van der Waals surface area contributed by atoms with Gasteiger partial charge >= 0.3 is 0 Å². The van der Waals surface area contributed by atoms with Gasteiger partial charge in [0.05, 0.1) is 6.10 Å². The highest BCUT2D eigenvalue weighted by Crippen LogP contribution is 2.37. The number of aromatic hydroxyl groups is 2. The zero-order valence-electron chi connectivity index (χ0n) is 14.7. The summed E-state index contributed by atoms with van der Waals surface area (Å²) < 4.78 is 5.64. The van der Waals surface area contributed by atoms with Crippen LogP contribution in [0.3, 0.4) is 0 Å². The second-order valence-corrected chi connectivity index (χ2v) is 7.17. The molecule has 6 N–H and O–H groups in total. The van der Waals surface area contributed by atoms with E-state index in [0.717, 1.165) is 12.1 Å². The van der Waals surface area contributed by atoms with Crippen molar-refractivity contribution in [3.8, 4) is 17.2 Å². The van der Waals surface area contributed by atoms with E-state index in [4.69, 9.17) is 4.74 Å². The molecule has 8 heteroatoms. The summed E-state index contributed by atoms with van der Waals surface area (Å²) in [5, 5.41) is 59.1. The maximum Gasteiger partial charge on any atom is 0.170 e. The zero-order chi connectivity index (χ0) is 19.6. The summed E-state index contributed by atoms with van der Waals surface area (Å²) in [7, 11) is 0. The Kier molecular flexibility index (Phi) is 6.46. The smallest absolute Gasteiger partial charge is 0.170 e. The molecule has 0 aliphatic heterocycles. The summed E-state index contributed by atoms with van der Waals surface area (Å²) in [6.07, 6.45) is -5.20. The number of ketones is 1. The van der Waals surface area contributed by atoms with Gasteiger partial charge in [-0.2, -0.15) is 0 Å². The molecule has 1 saturated carbocycles. The number of benzene rings is 1. The zero-order valence-corrected chi connectivity index (χ0v) is 14.7. The van der Waals surface area contributed by atoms with Crippen LogP contribution in [0.15, 0.2) is 12.1 Å². The van der Waals surface area contributed by atoms with Crippen molar-refractivity contribution in [1.29, 1.82) is 0 Å². The van der Waals surface area contributed by atoms with Gasteiger partial charge in [-0.1, -0.05) is 13.8 Å². The van der Waals surface area contributed by atoms with E-state index < -0.39 is 48.5 Å². The number of carbonyl (C=O) groups excluding carboxylic acids is 1. The van der Waals surface area contributed by atoms with Crippen molar-refractivity contribution >= 4 is 5.78 Å². The number of aliphatic hydroxyl groups is 4. The molecule has 0 spiro atoms. The fourth-order valence-corrected chi connectivity index (χ4v) is 3.17. The molecule has 146 valence electrons. The number of aliphatic hydroxyl groups excluding tert-OH is 4. The third kappa shape index (κ3) is 4.27. The second kappa shape index (κ2) is 8.22. The predicted octanol–water partition coefficient (Wildman–Crippen LogP) is 0.169. The van der Waals surface area contributed by atoms with Crippen molar-refractivity contribution < 1.29 is 40.2 Å². The normalized spacial score (nSPS) is 29.0. The minimum Gasteiger partial charge on any atom is -0.508 e. The average molecular weight is 370 g/mol. The molecule has 1 aliphatic rings. The summed E-state index contributed by atoms with van der Waals surface area (Å²) >= 11 is 0. The fraction of sp³-hybridized carbons (Fsp3) is 0.611. The van der Waals surface area contributed by atoms with Crippen LogP contribution in [-0.2, 0) is 0 Å². The molecule has 1 aromatic carbocycles. The molecule has 1 aliphatic carbocycles. The molecular weight excluding hydrogens is 344 g/mol. The Balaban J connectivity index is 2.34. The molecule has 0 heterocycles. The maximum atomic E-state index is 12.5. The molecule has 8 nitrogen and oxygen atoms in total. The topological polar surface area (TPSA) is 148 Å². The minimum atomic E-state index is -1.54. The number of phenolic OH excluding ortho intramolecular Hbond substituents is 2. The number of Topliss-reactive ketones (excluding diaryl/α,β-unsaturated/α-hetero) is 1. The fourth-order valence-electron chi connectivity index (χ4n) is 3.17. The first kappa shape index (κ1) is 20.4. The SMILES string of the molecule is CC(C)CC(=O)c1c(O)cc(O)cc1O[C@@H]1CC(CO)[C@@H](O)C(O)[C@@H]1O. The van der Waals surface area contributed by atoms with Crippen molar-refractivity contribution in [1.82, 2.24) is 0 Å². The van der Waals surface area contributed by atoms with Gasteiger partial charge in [0.2, 0.25) is 0 Å². The van der Waals surface area contributed by atoms with Gasteiger partial charge in [-0.25, -0.2) is 0 Å². The highest BCUT2D eigenvalue weighted by molar-refractivity contribution is 6.01. The number of hydrogen-bond donors (Lipinski definition) is 6. The highest BCUT2D eigenvalue weighted by atomic mass is 16.5. The van der Waals surface area contributed by atoms with Crippen molar-refractivity contribution in [2.45, 2.75) is 51.1 Å². The third-order valence-corrected chi connectivity index (χ3v) is 4.55. The lowest BCUT2D eigenvalue weighted by atomic mass is 9.81. The van der Waals surface area contributed by atoms with E-state index >= 15 is 0 Å². The lowest BCUT2D eigenvalue weighted by Gasteiger charge is -2.39. The number of rotatable bonds is 6. The van der Waals surface area contributed by atoms with Gasteiger partial charge in [0.1, 0.15) is 41.1 Å². The Morgan fingerprint density at radius 3 is 2.38 bits per heavy atom. The summed E-state index contributed by atoms with van der Waals surface area (Å²) in [4.78, 5) is 12.5. The lowest BCUT2D eigenvalue weighted by Crippen LogP contribution is -2.56. The van der Waals surface area contributed by atoms with Gasteiger partial charge in [0.15, 0.2) is 5.78 Å². The molecule has 2 unspecified atom stereocenters. The first-order chi connectivity index (χ1) is 12.1. The minimum absolute atomic E-state index is 0.0180. The Morgan fingerprint density at radius 1 is 1.15 bits per heavy atom. The monoisotopic (exact) mass is 370 g/mol. The van der Waals surface area contributed by atoms with E-state index in [2.05, 4.69) is 0 Å². The molecule has 26 heavy (non-hydrogen) atoms. The van der Waals surface area contributed by atoms with Gasteiger partial charge in [-0.3, -0.25) is 4.79 Å². The Morgan fingerprint density at radius 2 is 1.81 bits per heavy atom. The maximum absolute atomic E-state index is 12.5. The molecule has 0 radical (unpaired) electrons. The number of phenols is 2. The summed E-state index contributed by atoms with van der Waals surface area (Å²) in [5.74, 6) is -1.99. The Bertz CT molecular complexity index is 642. The summed E-state index contributed by atoms with van der Waals surface area (Å²) in [5.41, 5.74) is -0.120. The van der Waals surface area contributed by atoms with Crippen LogP contribution in [0.25, 0.3) is 0 Å². The predicted molar refractivity (Wildman–Crippen MR) is 91.2 cm³/mol. The van der Waals surface area contributed by atoms with Crippen molar-refractivity contribution in [2.75, 3.05) is 6.61 Å². The quantitative estimate of drug-likeness (QED) is 0.388. The standard InChI is InChI=1S/C18H26O8/c1-8(2)3-11(21)15-12(22)5-10(20)6-13(15)26-14-4-9(7-19)16(23)18(25)17(14)24/h5-6,8-9,14,16-20,22-25H,3-4,7H2,1-2H3/t9?,14-,16-,17-,18?/m1/s1. The molecule has 2 rings (SSSR count). The number of ether oxygens (including phenoxy) is 1. The molecule has 5 atom stereocenters. The molecule has 0 saturated heterocycles. The van der Waals surface area contributed by atoms with Crippen LogP contribution in [0.5, 0.6) is 17.2 Å². The molecule has 0 aromatic heterocycles. The lowest BCUT2D eigenvalue weighted by molar-refractivity contribution is -0.157. The van der Waals surface area contributed by atoms with Crippen LogP contribution < -0.4 is 4.74 Å². The van der Waals surface area contributed by atoms with Crippen LogP contribution in [-0.4, -0.2) is 67.4 Å². The van der Waals surface area contributed by atoms with E-state index in [1.807, 2.05) is 13.8 Å². The molecule has 0 bridgehead atoms. The van der Waals surface area contributed by atoms with Crippen LogP contribution >= 0.6 is 0 Å². The Hall–Kier alpha value is -1.87. The van der Waals surface area contributed by atoms with Crippen LogP contribution in [0, 0.1) is 11.8 Å². The second-order valence-electron chi connectivity index (χ2n) is 7.17. The molecular formula is C18H26O8. The molecule has 1 aromatic rings. The van der Waals surface area contributed by atoms with Gasteiger partial charge in [-0.15, -0.1) is 0 Å². The Labute approximate surface area is 151 Å². The van der Waals surface area contributed by atoms with Crippen molar-refractivity contribution in [2.24, 2.45) is 11.8 Å². The van der Waals surface area contributed by atoms with E-state index in [-0.39, 0.29) is 35.8 Å². The summed E-state index contributed by atoms with van der Waals surface area (Å²) in [6, 6.07) is 2.16. The van der Waals surface area contributed by atoms with E-state index in [1.54, 1.807) is 0 Å². The number of carbonyl (C=O) groups is 1. The van der Waals surface area contributed by atoms with Crippen LogP contribution in [0.2, 0.25) is 0 Å². The van der Waals surface area contributed by atoms with Crippen LogP contribution in [0.4, 0.5) is 0 Å². The van der Waals surface area contributed by atoms with Crippen molar-refractivity contribution in [3.05, 3.63) is 17.7 Å². The van der Waals surface area contributed by atoms with Gasteiger partial charge in [0, 0.05) is 31.1 Å². The number of hydrogen-bond acceptors (Lipinski definition) is 8. The molecule has 1 fully saturated rings. The van der Waals surface area contributed by atoms with E-state index in [0.29, 0.717) is 0 Å². The van der Waals surface area contributed by atoms with E-state index in [1.165, 1.54) is 0 Å².